The summed E-state index contributed by atoms with van der Waals surface area (Å²) < 4.78 is 18.6. The molecule has 0 saturated carbocycles. The van der Waals surface area contributed by atoms with Crippen molar-refractivity contribution in [3.05, 3.63) is 29.6 Å². The van der Waals surface area contributed by atoms with Crippen molar-refractivity contribution < 1.29 is 14.2 Å². The minimum absolute atomic E-state index is 0.331. The van der Waals surface area contributed by atoms with Crippen LogP contribution in [0.3, 0.4) is 0 Å². The van der Waals surface area contributed by atoms with E-state index in [1.807, 2.05) is 0 Å². The first-order valence-corrected chi connectivity index (χ1v) is 7.32. The Morgan fingerprint density at radius 3 is 2.55 bits per heavy atom. The molecular formula is C16H22FNO2. The van der Waals surface area contributed by atoms with Gasteiger partial charge in [0.05, 0.1) is 12.7 Å². The summed E-state index contributed by atoms with van der Waals surface area (Å²) in [4.78, 5) is 2.40. The summed E-state index contributed by atoms with van der Waals surface area (Å²) >= 11 is 0. The highest BCUT2D eigenvalue weighted by Gasteiger charge is 2.46. The fourth-order valence-corrected chi connectivity index (χ4v) is 3.92. The largest absolute Gasteiger partial charge is 0.496 e. The molecule has 0 aliphatic carbocycles. The molecule has 110 valence electrons. The van der Waals surface area contributed by atoms with Gasteiger partial charge in [-0.1, -0.05) is 6.42 Å². The molecule has 2 atom stereocenters. The number of rotatable bonds is 2. The van der Waals surface area contributed by atoms with Crippen molar-refractivity contribution in [1.82, 2.24) is 4.90 Å². The Kier molecular flexibility index (Phi) is 3.46. The van der Waals surface area contributed by atoms with Crippen molar-refractivity contribution in [2.45, 2.75) is 49.8 Å². The first kappa shape index (κ1) is 13.8. The lowest BCUT2D eigenvalue weighted by atomic mass is 9.72. The van der Waals surface area contributed by atoms with Crippen LogP contribution < -0.4 is 4.74 Å². The molecule has 2 saturated heterocycles. The molecule has 3 nitrogen and oxygen atoms in total. The molecule has 2 bridgehead atoms. The summed E-state index contributed by atoms with van der Waals surface area (Å²) in [5.41, 5.74) is -0.173. The van der Waals surface area contributed by atoms with Crippen LogP contribution in [-0.4, -0.2) is 36.2 Å². The molecule has 2 aliphatic heterocycles. The number of piperidine rings is 2. The van der Waals surface area contributed by atoms with Gasteiger partial charge in [-0.15, -0.1) is 0 Å². The lowest BCUT2D eigenvalue weighted by Crippen LogP contribution is -2.55. The normalized spacial score (nSPS) is 34.0. The number of fused-ring (bicyclic) bond motifs is 2. The maximum Gasteiger partial charge on any atom is 0.127 e. The third kappa shape index (κ3) is 2.21. The average Bonchev–Trinajstić information content (AvgIpc) is 2.40. The fraction of sp³-hybridized carbons (Fsp3) is 0.625. The van der Waals surface area contributed by atoms with Crippen LogP contribution in [0, 0.1) is 5.82 Å². The molecule has 2 heterocycles. The van der Waals surface area contributed by atoms with Gasteiger partial charge in [-0.3, -0.25) is 0 Å². The zero-order chi connectivity index (χ0) is 14.3. The predicted octanol–water partition coefficient (Wildman–Crippen LogP) is 2.67. The van der Waals surface area contributed by atoms with Crippen LogP contribution in [0.5, 0.6) is 5.75 Å². The van der Waals surface area contributed by atoms with Crippen molar-refractivity contribution in [2.24, 2.45) is 0 Å². The maximum atomic E-state index is 13.3. The van der Waals surface area contributed by atoms with Gasteiger partial charge < -0.3 is 14.7 Å². The van der Waals surface area contributed by atoms with Crippen molar-refractivity contribution in [2.75, 3.05) is 14.2 Å². The van der Waals surface area contributed by atoms with E-state index in [1.165, 1.54) is 25.7 Å². The molecule has 1 aromatic rings. The van der Waals surface area contributed by atoms with Gasteiger partial charge in [0.15, 0.2) is 0 Å². The van der Waals surface area contributed by atoms with Crippen LogP contribution in [0.1, 0.15) is 37.7 Å². The minimum Gasteiger partial charge on any atom is -0.496 e. The van der Waals surface area contributed by atoms with Crippen molar-refractivity contribution >= 4 is 0 Å². The van der Waals surface area contributed by atoms with Crippen LogP contribution in [0.4, 0.5) is 4.39 Å². The van der Waals surface area contributed by atoms with Gasteiger partial charge in [0.1, 0.15) is 11.6 Å². The number of hydrogen-bond donors (Lipinski definition) is 1. The third-order valence-corrected chi connectivity index (χ3v) is 5.04. The zero-order valence-corrected chi connectivity index (χ0v) is 12.1. The Hall–Kier alpha value is -1.13. The van der Waals surface area contributed by atoms with Crippen LogP contribution >= 0.6 is 0 Å². The number of halogens is 1. The molecule has 2 fully saturated rings. The molecule has 0 aromatic heterocycles. The molecule has 1 N–H and O–H groups in total. The molecule has 0 radical (unpaired) electrons. The highest BCUT2D eigenvalue weighted by atomic mass is 19.1. The first-order chi connectivity index (χ1) is 9.53. The molecule has 4 heteroatoms. The summed E-state index contributed by atoms with van der Waals surface area (Å²) in [5.74, 6) is 0.123. The Bertz CT molecular complexity index is 491. The Morgan fingerprint density at radius 1 is 1.30 bits per heavy atom. The second-order valence-corrected chi connectivity index (χ2v) is 6.19. The highest BCUT2D eigenvalue weighted by Crippen LogP contribution is 2.46. The summed E-state index contributed by atoms with van der Waals surface area (Å²) in [5, 5.41) is 11.1. The van der Waals surface area contributed by atoms with Crippen molar-refractivity contribution in [1.29, 1.82) is 0 Å². The van der Waals surface area contributed by atoms with E-state index in [-0.39, 0.29) is 5.82 Å². The maximum absolute atomic E-state index is 13.3. The number of methoxy groups -OCH3 is 1. The smallest absolute Gasteiger partial charge is 0.127 e. The summed E-state index contributed by atoms with van der Waals surface area (Å²) in [7, 11) is 3.67. The average molecular weight is 279 g/mol. The van der Waals surface area contributed by atoms with E-state index in [0.29, 0.717) is 30.7 Å². The molecular weight excluding hydrogens is 257 g/mol. The fourth-order valence-electron chi connectivity index (χ4n) is 3.92. The zero-order valence-electron chi connectivity index (χ0n) is 12.1. The van der Waals surface area contributed by atoms with Gasteiger partial charge in [-0.25, -0.2) is 4.39 Å². The van der Waals surface area contributed by atoms with Crippen molar-refractivity contribution in [3.8, 4) is 5.75 Å². The topological polar surface area (TPSA) is 32.7 Å². The van der Waals surface area contributed by atoms with Crippen molar-refractivity contribution in [3.63, 3.8) is 0 Å². The van der Waals surface area contributed by atoms with Gasteiger partial charge >= 0.3 is 0 Å². The van der Waals surface area contributed by atoms with Crippen LogP contribution in [0.2, 0.25) is 0 Å². The molecule has 2 aliphatic rings. The predicted molar refractivity (Wildman–Crippen MR) is 75.3 cm³/mol. The molecule has 3 rings (SSSR count). The van der Waals surface area contributed by atoms with Gasteiger partial charge in [0.25, 0.3) is 0 Å². The molecule has 20 heavy (non-hydrogen) atoms. The minimum atomic E-state index is -0.901. The second kappa shape index (κ2) is 5.01. The van der Waals surface area contributed by atoms with E-state index in [1.54, 1.807) is 6.07 Å². The number of nitrogens with zero attached hydrogens (tertiary/aromatic N) is 1. The lowest BCUT2D eigenvalue weighted by molar-refractivity contribution is -0.0884. The van der Waals surface area contributed by atoms with Crippen LogP contribution in [0.15, 0.2) is 18.2 Å². The Balaban J connectivity index is 1.97. The molecule has 2 unspecified atom stereocenters. The summed E-state index contributed by atoms with van der Waals surface area (Å²) in [6, 6.07) is 5.25. The van der Waals surface area contributed by atoms with Gasteiger partial charge in [0.2, 0.25) is 0 Å². The van der Waals surface area contributed by atoms with E-state index in [9.17, 15) is 9.50 Å². The van der Waals surface area contributed by atoms with Gasteiger partial charge in [0, 0.05) is 23.7 Å². The van der Waals surface area contributed by atoms with E-state index in [2.05, 4.69) is 11.9 Å². The van der Waals surface area contributed by atoms with Crippen LogP contribution in [-0.2, 0) is 5.60 Å². The van der Waals surface area contributed by atoms with Gasteiger partial charge in [-0.05, 0) is 44.9 Å². The molecule has 0 amide bonds. The summed E-state index contributed by atoms with van der Waals surface area (Å²) in [6.07, 6.45) is 4.87. The summed E-state index contributed by atoms with van der Waals surface area (Å²) in [6.45, 7) is 0. The monoisotopic (exact) mass is 279 g/mol. The standard InChI is InChI=1S/C16H22FNO2/c1-18-12-4-3-5-13(18)10-16(19,9-12)14-7-6-11(17)8-15(14)20-2/h6-8,12-13,19H,3-5,9-10H2,1-2H3. The third-order valence-electron chi connectivity index (χ3n) is 5.04. The van der Waals surface area contributed by atoms with Gasteiger partial charge in [-0.2, -0.15) is 0 Å². The number of aliphatic hydroxyl groups is 1. The number of ether oxygens (including phenoxy) is 1. The van der Waals surface area contributed by atoms with E-state index in [4.69, 9.17) is 4.74 Å². The number of hydrogen-bond acceptors (Lipinski definition) is 3. The number of benzene rings is 1. The highest BCUT2D eigenvalue weighted by molar-refractivity contribution is 5.39. The first-order valence-electron chi connectivity index (χ1n) is 7.32. The quantitative estimate of drug-likeness (QED) is 0.903. The Labute approximate surface area is 119 Å². The van der Waals surface area contributed by atoms with E-state index >= 15 is 0 Å². The second-order valence-electron chi connectivity index (χ2n) is 6.19. The van der Waals surface area contributed by atoms with Crippen LogP contribution in [0.25, 0.3) is 0 Å². The van der Waals surface area contributed by atoms with E-state index < -0.39 is 5.60 Å². The molecule has 0 spiro atoms. The SMILES string of the molecule is COc1cc(F)ccc1C1(O)CC2CCCC(C1)N2C. The molecule has 1 aromatic carbocycles. The lowest BCUT2D eigenvalue weighted by Gasteiger charge is -2.51. The van der Waals surface area contributed by atoms with E-state index in [0.717, 1.165) is 18.4 Å². The Morgan fingerprint density at radius 2 is 1.95 bits per heavy atom.